The van der Waals surface area contributed by atoms with Gasteiger partial charge in [0.15, 0.2) is 5.03 Å². The van der Waals surface area contributed by atoms with Crippen LogP contribution in [0.3, 0.4) is 0 Å². The minimum absolute atomic E-state index is 0.0973. The molecule has 6 nitrogen and oxygen atoms in total. The van der Waals surface area contributed by atoms with Crippen LogP contribution in [0.4, 0.5) is 0 Å². The number of hydrogen-bond acceptors (Lipinski definition) is 4. The molecule has 2 aromatic rings. The minimum Gasteiger partial charge on any atom is -0.337 e. The summed E-state index contributed by atoms with van der Waals surface area (Å²) in [5, 5.41) is 0.0973. The van der Waals surface area contributed by atoms with Crippen LogP contribution in [0.5, 0.6) is 0 Å². The molecule has 0 bridgehead atoms. The van der Waals surface area contributed by atoms with Crippen LogP contribution in [0.2, 0.25) is 0 Å². The molecule has 0 radical (unpaired) electrons. The second kappa shape index (κ2) is 7.68. The molecular weight excluding hydrogens is 336 g/mol. The molecule has 2 heterocycles. The Hall–Kier alpha value is -1.70. The maximum atomic E-state index is 12.2. The van der Waals surface area contributed by atoms with E-state index < -0.39 is 10.0 Å². The molecule has 0 spiro atoms. The van der Waals surface area contributed by atoms with Gasteiger partial charge in [0.2, 0.25) is 0 Å². The molecule has 136 valence electrons. The Labute approximate surface area is 149 Å². The molecule has 1 N–H and O–H groups in total. The molecule has 0 aliphatic carbocycles. The van der Waals surface area contributed by atoms with E-state index in [1.807, 2.05) is 0 Å². The lowest BCUT2D eigenvalue weighted by Crippen LogP contribution is -2.32. The number of sulfonamides is 1. The summed E-state index contributed by atoms with van der Waals surface area (Å²) in [7, 11) is -1.71. The summed E-state index contributed by atoms with van der Waals surface area (Å²) in [6.07, 6.45) is 4.44. The summed E-state index contributed by atoms with van der Waals surface area (Å²) < 4.78 is 28.8. The molecule has 7 heteroatoms. The van der Waals surface area contributed by atoms with Crippen molar-refractivity contribution in [1.29, 1.82) is 0 Å². The molecule has 1 aromatic carbocycles. The standard InChI is InChI=1S/C18H26N4O2S/c1-15-20-18(14-21(15)2)25(23,24)19-10-5-6-11-22-12-9-16-7-3-4-8-17(16)13-22/h3-4,7-8,14,19H,5-6,9-13H2,1-2H3. The number of aryl methyl sites for hydroxylation is 2. The Bertz CT molecular complexity index is 810. The van der Waals surface area contributed by atoms with Crippen molar-refractivity contribution in [3.05, 3.63) is 47.4 Å². The second-order valence-corrected chi connectivity index (χ2v) is 8.35. The van der Waals surface area contributed by atoms with Crippen molar-refractivity contribution >= 4 is 10.0 Å². The van der Waals surface area contributed by atoms with Crippen molar-refractivity contribution in [1.82, 2.24) is 19.2 Å². The quantitative estimate of drug-likeness (QED) is 0.763. The van der Waals surface area contributed by atoms with Crippen molar-refractivity contribution in [3.8, 4) is 0 Å². The number of hydrogen-bond donors (Lipinski definition) is 1. The zero-order valence-electron chi connectivity index (χ0n) is 14.9. The van der Waals surface area contributed by atoms with Crippen molar-refractivity contribution in [2.45, 2.75) is 37.8 Å². The topological polar surface area (TPSA) is 67.2 Å². The first-order valence-corrected chi connectivity index (χ1v) is 10.2. The van der Waals surface area contributed by atoms with Gasteiger partial charge in [-0.1, -0.05) is 24.3 Å². The van der Waals surface area contributed by atoms with Crippen LogP contribution in [0, 0.1) is 6.92 Å². The van der Waals surface area contributed by atoms with Gasteiger partial charge < -0.3 is 4.57 Å². The summed E-state index contributed by atoms with van der Waals surface area (Å²) in [6.45, 7) is 5.31. The maximum Gasteiger partial charge on any atom is 0.259 e. The molecule has 0 saturated carbocycles. The van der Waals surface area contributed by atoms with E-state index >= 15 is 0 Å². The van der Waals surface area contributed by atoms with Crippen molar-refractivity contribution in [2.75, 3.05) is 19.6 Å². The highest BCUT2D eigenvalue weighted by molar-refractivity contribution is 7.89. The third-order valence-corrected chi connectivity index (χ3v) is 6.10. The van der Waals surface area contributed by atoms with E-state index in [2.05, 4.69) is 38.9 Å². The average molecular weight is 362 g/mol. The van der Waals surface area contributed by atoms with Gasteiger partial charge in [-0.2, -0.15) is 0 Å². The number of rotatable bonds is 7. The highest BCUT2D eigenvalue weighted by atomic mass is 32.2. The van der Waals surface area contributed by atoms with Gasteiger partial charge in [0, 0.05) is 32.9 Å². The summed E-state index contributed by atoms with van der Waals surface area (Å²) in [4.78, 5) is 6.52. The van der Waals surface area contributed by atoms with E-state index in [0.717, 1.165) is 38.9 Å². The molecule has 0 amide bonds. The lowest BCUT2D eigenvalue weighted by Gasteiger charge is -2.28. The van der Waals surface area contributed by atoms with E-state index in [1.165, 1.54) is 11.1 Å². The molecular formula is C18H26N4O2S. The van der Waals surface area contributed by atoms with Crippen LogP contribution >= 0.6 is 0 Å². The molecule has 0 saturated heterocycles. The van der Waals surface area contributed by atoms with Crippen LogP contribution in [-0.2, 0) is 30.0 Å². The monoisotopic (exact) mass is 362 g/mol. The maximum absolute atomic E-state index is 12.2. The lowest BCUT2D eigenvalue weighted by molar-refractivity contribution is 0.249. The number of benzene rings is 1. The number of unbranched alkanes of at least 4 members (excludes halogenated alkanes) is 1. The Morgan fingerprint density at radius 3 is 2.68 bits per heavy atom. The smallest absolute Gasteiger partial charge is 0.259 e. The Kier molecular flexibility index (Phi) is 5.56. The van der Waals surface area contributed by atoms with Gasteiger partial charge in [-0.05, 0) is 43.9 Å². The fourth-order valence-electron chi connectivity index (χ4n) is 3.14. The number of nitrogens with one attached hydrogen (secondary N) is 1. The lowest BCUT2D eigenvalue weighted by atomic mass is 10.00. The van der Waals surface area contributed by atoms with Gasteiger partial charge in [-0.3, -0.25) is 4.90 Å². The van der Waals surface area contributed by atoms with Crippen LogP contribution in [-0.4, -0.2) is 42.5 Å². The highest BCUT2D eigenvalue weighted by Crippen LogP contribution is 2.18. The van der Waals surface area contributed by atoms with Gasteiger partial charge in [0.25, 0.3) is 10.0 Å². The average Bonchev–Trinajstić information content (AvgIpc) is 2.94. The van der Waals surface area contributed by atoms with E-state index in [1.54, 1.807) is 24.7 Å². The van der Waals surface area contributed by atoms with Gasteiger partial charge >= 0.3 is 0 Å². The fraction of sp³-hybridized carbons (Fsp3) is 0.500. The van der Waals surface area contributed by atoms with E-state index in [4.69, 9.17) is 0 Å². The Balaban J connectivity index is 1.41. The number of aromatic nitrogens is 2. The zero-order chi connectivity index (χ0) is 17.9. The summed E-state index contributed by atoms with van der Waals surface area (Å²) in [5.41, 5.74) is 2.87. The molecule has 0 atom stereocenters. The Morgan fingerprint density at radius 2 is 1.96 bits per heavy atom. The van der Waals surface area contributed by atoms with Crippen molar-refractivity contribution < 1.29 is 8.42 Å². The third kappa shape index (κ3) is 4.48. The highest BCUT2D eigenvalue weighted by Gasteiger charge is 2.18. The van der Waals surface area contributed by atoms with Crippen molar-refractivity contribution in [2.24, 2.45) is 7.05 Å². The van der Waals surface area contributed by atoms with Crippen LogP contribution in [0.1, 0.15) is 29.8 Å². The molecule has 0 unspecified atom stereocenters. The largest absolute Gasteiger partial charge is 0.337 e. The number of fused-ring (bicyclic) bond motifs is 1. The fourth-order valence-corrected chi connectivity index (χ4v) is 4.25. The van der Waals surface area contributed by atoms with Crippen LogP contribution < -0.4 is 4.72 Å². The third-order valence-electron chi connectivity index (χ3n) is 4.76. The number of nitrogens with zero attached hydrogens (tertiary/aromatic N) is 3. The Morgan fingerprint density at radius 1 is 1.20 bits per heavy atom. The summed E-state index contributed by atoms with van der Waals surface area (Å²) >= 11 is 0. The van der Waals surface area contributed by atoms with Gasteiger partial charge in [0.1, 0.15) is 5.82 Å². The molecule has 3 rings (SSSR count). The summed E-state index contributed by atoms with van der Waals surface area (Å²) in [6, 6.07) is 8.60. The first kappa shape index (κ1) is 18.1. The predicted molar refractivity (Wildman–Crippen MR) is 97.8 cm³/mol. The van der Waals surface area contributed by atoms with E-state index in [9.17, 15) is 8.42 Å². The SMILES string of the molecule is Cc1nc(S(=O)(=O)NCCCCN2CCc3ccccc3C2)cn1C. The van der Waals surface area contributed by atoms with Gasteiger partial charge in [-0.25, -0.2) is 18.1 Å². The normalized spacial score (nSPS) is 15.3. The van der Waals surface area contributed by atoms with E-state index in [0.29, 0.717) is 12.4 Å². The minimum atomic E-state index is -3.50. The molecule has 25 heavy (non-hydrogen) atoms. The first-order valence-electron chi connectivity index (χ1n) is 8.74. The van der Waals surface area contributed by atoms with Crippen LogP contribution in [0.25, 0.3) is 0 Å². The zero-order valence-corrected chi connectivity index (χ0v) is 15.7. The van der Waals surface area contributed by atoms with E-state index in [-0.39, 0.29) is 5.03 Å². The molecule has 0 fully saturated rings. The molecule has 1 aliphatic rings. The van der Waals surface area contributed by atoms with Gasteiger partial charge in [0.05, 0.1) is 0 Å². The number of imidazole rings is 1. The molecule has 1 aromatic heterocycles. The van der Waals surface area contributed by atoms with Gasteiger partial charge in [-0.15, -0.1) is 0 Å². The first-order chi connectivity index (χ1) is 12.0. The van der Waals surface area contributed by atoms with Crippen molar-refractivity contribution in [3.63, 3.8) is 0 Å². The van der Waals surface area contributed by atoms with Crippen LogP contribution in [0.15, 0.2) is 35.5 Å². The summed E-state index contributed by atoms with van der Waals surface area (Å²) in [5.74, 6) is 0.686. The molecule has 1 aliphatic heterocycles. The second-order valence-electron chi connectivity index (χ2n) is 6.64. The predicted octanol–water partition coefficient (Wildman–Crippen LogP) is 1.85.